The van der Waals surface area contributed by atoms with Crippen LogP contribution in [0.5, 0.6) is 17.2 Å². The van der Waals surface area contributed by atoms with Gasteiger partial charge in [0.25, 0.3) is 5.91 Å². The van der Waals surface area contributed by atoms with Gasteiger partial charge in [-0.1, -0.05) is 53.5 Å². The topological polar surface area (TPSA) is 133 Å². The number of methoxy groups -OCH3 is 2. The van der Waals surface area contributed by atoms with Gasteiger partial charge >= 0.3 is 0 Å². The first-order valence-electron chi connectivity index (χ1n) is 15.4. The third-order valence-corrected chi connectivity index (χ3v) is 10.3. The van der Waals surface area contributed by atoms with Gasteiger partial charge in [0.2, 0.25) is 5.90 Å². The normalized spacial score (nSPS) is 17.2. The first-order valence-corrected chi connectivity index (χ1v) is 17.8. The summed E-state index contributed by atoms with van der Waals surface area (Å²) in [7, 11) is -0.802. The van der Waals surface area contributed by atoms with E-state index in [2.05, 4.69) is 5.32 Å². The number of nitrogens with one attached hydrogen (secondary N) is 1. The second-order valence-corrected chi connectivity index (χ2v) is 14.2. The summed E-state index contributed by atoms with van der Waals surface area (Å²) in [4.78, 5) is 19.6. The van der Waals surface area contributed by atoms with Crippen LogP contribution in [0.25, 0.3) is 0 Å². The highest BCUT2D eigenvalue weighted by Crippen LogP contribution is 2.45. The van der Waals surface area contributed by atoms with E-state index in [9.17, 15) is 13.2 Å². The minimum atomic E-state index is -3.85. The SMILES string of the molecule is COc1ccc(CNC(=O)[C@]2(CCS(=O)(=O)c3ccccc3)N=C(c3ccc(OCCCO)cc3)O[C@@H]2c2ccc(Cl)cc2Cl)cc1OC. The molecule has 0 aliphatic carbocycles. The van der Waals surface area contributed by atoms with Crippen LogP contribution >= 0.6 is 23.2 Å². The lowest BCUT2D eigenvalue weighted by molar-refractivity contribution is -0.129. The van der Waals surface area contributed by atoms with Crippen LogP contribution in [0, 0.1) is 0 Å². The molecule has 0 fully saturated rings. The van der Waals surface area contributed by atoms with Crippen molar-refractivity contribution < 1.29 is 37.3 Å². The summed E-state index contributed by atoms with van der Waals surface area (Å²) in [5, 5.41) is 12.6. The van der Waals surface area contributed by atoms with Crippen LogP contribution in [0.3, 0.4) is 0 Å². The van der Waals surface area contributed by atoms with Crippen LogP contribution in [-0.2, 0) is 25.9 Å². The number of nitrogens with zero attached hydrogens (tertiary/aromatic N) is 1. The summed E-state index contributed by atoms with van der Waals surface area (Å²) in [6.07, 6.45) is -0.880. The van der Waals surface area contributed by atoms with Crippen LogP contribution in [0.2, 0.25) is 10.0 Å². The Hall–Kier alpha value is -4.29. The van der Waals surface area contributed by atoms with Crippen LogP contribution < -0.4 is 19.5 Å². The Kier molecular flexibility index (Phi) is 11.7. The number of aliphatic imine (C=N–C) groups is 1. The summed E-state index contributed by atoms with van der Waals surface area (Å²) in [5.41, 5.74) is -0.127. The summed E-state index contributed by atoms with van der Waals surface area (Å²) in [6.45, 7) is 0.412. The number of carbonyl (C=O) groups excluding carboxylic acids is 1. The van der Waals surface area contributed by atoms with Crippen molar-refractivity contribution in [3.05, 3.63) is 118 Å². The van der Waals surface area contributed by atoms with Gasteiger partial charge in [0.15, 0.2) is 33.0 Å². The number of sulfone groups is 1. The molecule has 4 aromatic rings. The molecule has 1 heterocycles. The molecule has 0 radical (unpaired) electrons. The molecule has 1 aliphatic heterocycles. The molecule has 258 valence electrons. The van der Waals surface area contributed by atoms with E-state index in [0.717, 1.165) is 0 Å². The van der Waals surface area contributed by atoms with Crippen molar-refractivity contribution in [2.24, 2.45) is 4.99 Å². The van der Waals surface area contributed by atoms with Crippen molar-refractivity contribution in [1.82, 2.24) is 5.32 Å². The molecule has 0 spiro atoms. The third kappa shape index (κ3) is 8.30. The quantitative estimate of drug-likeness (QED) is 0.138. The van der Waals surface area contributed by atoms with E-state index in [1.165, 1.54) is 32.4 Å². The van der Waals surface area contributed by atoms with Crippen molar-refractivity contribution in [1.29, 1.82) is 0 Å². The first-order chi connectivity index (χ1) is 23.6. The van der Waals surface area contributed by atoms with Gasteiger partial charge in [-0.25, -0.2) is 13.4 Å². The molecule has 1 amide bonds. The van der Waals surface area contributed by atoms with E-state index in [1.807, 2.05) is 0 Å². The summed E-state index contributed by atoms with van der Waals surface area (Å²) < 4.78 is 50.1. The number of aliphatic hydroxyl groups excluding tert-OH is 1. The Balaban J connectivity index is 1.57. The maximum atomic E-state index is 14.6. The number of carbonyl (C=O) groups is 1. The predicted octanol–water partition coefficient (Wildman–Crippen LogP) is 6.21. The van der Waals surface area contributed by atoms with Gasteiger partial charge in [-0.2, -0.15) is 0 Å². The molecule has 49 heavy (non-hydrogen) atoms. The largest absolute Gasteiger partial charge is 0.494 e. The molecule has 0 aromatic heterocycles. The maximum absolute atomic E-state index is 14.6. The molecular formula is C36H36Cl2N2O8S. The van der Waals surface area contributed by atoms with Gasteiger partial charge in [-0.15, -0.1) is 0 Å². The molecule has 1 aliphatic rings. The molecular weight excluding hydrogens is 691 g/mol. The Labute approximate surface area is 295 Å². The minimum absolute atomic E-state index is 0.00746. The van der Waals surface area contributed by atoms with Gasteiger partial charge in [0, 0.05) is 47.2 Å². The minimum Gasteiger partial charge on any atom is -0.494 e. The van der Waals surface area contributed by atoms with Gasteiger partial charge in [-0.05, 0) is 66.2 Å². The molecule has 5 rings (SSSR count). The Morgan fingerprint density at radius 3 is 2.37 bits per heavy atom. The highest BCUT2D eigenvalue weighted by atomic mass is 35.5. The van der Waals surface area contributed by atoms with Gasteiger partial charge in [0.1, 0.15) is 5.75 Å². The zero-order valence-corrected chi connectivity index (χ0v) is 29.2. The number of aliphatic hydroxyl groups is 1. The predicted molar refractivity (Wildman–Crippen MR) is 188 cm³/mol. The van der Waals surface area contributed by atoms with Crippen LogP contribution in [0.1, 0.15) is 35.6 Å². The number of halogens is 2. The average molecular weight is 728 g/mol. The van der Waals surface area contributed by atoms with Gasteiger partial charge in [-0.3, -0.25) is 4.79 Å². The molecule has 10 nitrogen and oxygen atoms in total. The molecule has 4 aromatic carbocycles. The number of amides is 1. The molecule has 2 N–H and O–H groups in total. The van der Waals surface area contributed by atoms with E-state index >= 15 is 0 Å². The average Bonchev–Trinajstić information content (AvgIpc) is 3.51. The van der Waals surface area contributed by atoms with Crippen molar-refractivity contribution in [2.45, 2.75) is 35.9 Å². The summed E-state index contributed by atoms with van der Waals surface area (Å²) >= 11 is 12.9. The fraction of sp³-hybridized carbons (Fsp3) is 0.278. The van der Waals surface area contributed by atoms with Crippen LogP contribution in [0.4, 0.5) is 0 Å². The van der Waals surface area contributed by atoms with E-state index in [0.29, 0.717) is 52.0 Å². The van der Waals surface area contributed by atoms with Crippen LogP contribution in [-0.4, -0.2) is 64.1 Å². The summed E-state index contributed by atoms with van der Waals surface area (Å²) in [5.74, 6) is 0.719. The van der Waals surface area contributed by atoms with Gasteiger partial charge < -0.3 is 29.4 Å². The molecule has 0 saturated carbocycles. The van der Waals surface area contributed by atoms with Gasteiger partial charge in [0.05, 0.1) is 31.5 Å². The lowest BCUT2D eigenvalue weighted by Gasteiger charge is -2.31. The number of benzene rings is 4. The second kappa shape index (κ2) is 15.9. The third-order valence-electron chi connectivity index (χ3n) is 8.03. The molecule has 0 saturated heterocycles. The number of hydrogen-bond donors (Lipinski definition) is 2. The number of hydrogen-bond acceptors (Lipinski definition) is 9. The van der Waals surface area contributed by atoms with Crippen molar-refractivity contribution in [3.63, 3.8) is 0 Å². The lowest BCUT2D eigenvalue weighted by atomic mass is 9.85. The van der Waals surface area contributed by atoms with Crippen molar-refractivity contribution >= 4 is 44.8 Å². The molecule has 0 bridgehead atoms. The number of ether oxygens (including phenoxy) is 4. The number of rotatable bonds is 15. The van der Waals surface area contributed by atoms with Crippen molar-refractivity contribution in [2.75, 3.05) is 33.2 Å². The Morgan fingerprint density at radius 2 is 1.69 bits per heavy atom. The Bertz CT molecular complexity index is 1910. The fourth-order valence-electron chi connectivity index (χ4n) is 5.42. The second-order valence-electron chi connectivity index (χ2n) is 11.2. The zero-order chi connectivity index (χ0) is 35.0. The van der Waals surface area contributed by atoms with E-state index in [1.54, 1.807) is 72.8 Å². The first kappa shape index (κ1) is 36.0. The fourth-order valence-corrected chi connectivity index (χ4v) is 7.32. The summed E-state index contributed by atoms with van der Waals surface area (Å²) in [6, 6.07) is 25.0. The molecule has 0 unspecified atom stereocenters. The van der Waals surface area contributed by atoms with E-state index < -0.39 is 33.1 Å². The monoisotopic (exact) mass is 726 g/mol. The highest BCUT2D eigenvalue weighted by molar-refractivity contribution is 7.91. The van der Waals surface area contributed by atoms with Crippen LogP contribution in [0.15, 0.2) is 101 Å². The van der Waals surface area contributed by atoms with E-state index in [4.69, 9.17) is 52.2 Å². The maximum Gasteiger partial charge on any atom is 0.252 e. The smallest absolute Gasteiger partial charge is 0.252 e. The standard InChI is InChI=1S/C36H36Cl2N2O8S/c1-45-31-16-9-24(21-32(31)46-2)23-39-35(42)36(17-20-49(43,44)28-7-4-3-5-8-28)33(29-15-12-26(37)22-30(29)38)48-34(40-36)25-10-13-27(14-11-25)47-19-6-18-41/h3-5,7-16,21-22,33,41H,6,17-20,23H2,1-2H3,(H,39,42)/t33-,36-/m1/s1. The van der Waals surface area contributed by atoms with E-state index in [-0.39, 0.29) is 35.4 Å². The molecule has 13 heteroatoms. The highest BCUT2D eigenvalue weighted by Gasteiger charge is 2.54. The molecule has 2 atom stereocenters. The Morgan fingerprint density at radius 1 is 0.959 bits per heavy atom. The zero-order valence-electron chi connectivity index (χ0n) is 26.9. The van der Waals surface area contributed by atoms with Crippen molar-refractivity contribution in [3.8, 4) is 17.2 Å². The lowest BCUT2D eigenvalue weighted by Crippen LogP contribution is -2.49.